The molecule has 5 atom stereocenters. The highest BCUT2D eigenvalue weighted by molar-refractivity contribution is 14.1. The Morgan fingerprint density at radius 2 is 2.17 bits per heavy atom. The van der Waals surface area contributed by atoms with E-state index in [-0.39, 0.29) is 28.8 Å². The maximum absolute atomic E-state index is 9.59. The monoisotopic (exact) mass is 287 g/mol. The zero-order valence-electron chi connectivity index (χ0n) is 6.85. The molecule has 1 rings (SSSR count). The standard InChI is InChI=1S/C7H14INO3/c1-3-6(9)7(11)5(8)4(2-10)12-3/h3-7,10-11H,2,9H2,1H3. The maximum atomic E-state index is 9.59. The number of nitrogens with two attached hydrogens (primary N) is 1. The molecule has 1 aliphatic heterocycles. The first-order valence-corrected chi connectivity index (χ1v) is 5.16. The summed E-state index contributed by atoms with van der Waals surface area (Å²) in [5.41, 5.74) is 5.67. The largest absolute Gasteiger partial charge is 0.394 e. The number of hydrogen-bond donors (Lipinski definition) is 3. The first kappa shape index (κ1) is 10.6. The van der Waals surface area contributed by atoms with Crippen LogP contribution in [0.2, 0.25) is 0 Å². The fourth-order valence-electron chi connectivity index (χ4n) is 1.30. The minimum atomic E-state index is -0.591. The number of halogens is 1. The van der Waals surface area contributed by atoms with Crippen molar-refractivity contribution in [1.82, 2.24) is 0 Å². The first-order valence-electron chi connectivity index (χ1n) is 3.92. The van der Waals surface area contributed by atoms with Crippen LogP contribution in [0.3, 0.4) is 0 Å². The molecule has 0 aliphatic carbocycles. The van der Waals surface area contributed by atoms with Crippen LogP contribution in [0, 0.1) is 0 Å². The van der Waals surface area contributed by atoms with Gasteiger partial charge in [0.1, 0.15) is 0 Å². The van der Waals surface area contributed by atoms with Crippen molar-refractivity contribution < 1.29 is 14.9 Å². The van der Waals surface area contributed by atoms with E-state index in [1.165, 1.54) is 0 Å². The van der Waals surface area contributed by atoms with Gasteiger partial charge in [0.25, 0.3) is 0 Å². The molecule has 0 radical (unpaired) electrons. The molecule has 5 heteroatoms. The van der Waals surface area contributed by atoms with E-state index < -0.39 is 6.10 Å². The summed E-state index contributed by atoms with van der Waals surface area (Å²) in [4.78, 5) is 0. The summed E-state index contributed by atoms with van der Waals surface area (Å²) < 4.78 is 5.26. The van der Waals surface area contributed by atoms with Gasteiger partial charge in [-0.15, -0.1) is 0 Å². The van der Waals surface area contributed by atoms with Crippen molar-refractivity contribution in [2.75, 3.05) is 6.61 Å². The fraction of sp³-hybridized carbons (Fsp3) is 1.00. The van der Waals surface area contributed by atoms with Crippen LogP contribution in [-0.2, 0) is 4.74 Å². The van der Waals surface area contributed by atoms with Gasteiger partial charge in [-0.3, -0.25) is 0 Å². The molecule has 12 heavy (non-hydrogen) atoms. The van der Waals surface area contributed by atoms with Crippen LogP contribution in [0.5, 0.6) is 0 Å². The molecule has 0 bridgehead atoms. The SMILES string of the molecule is CC1OC(CO)C(I)C(O)C1N. The summed E-state index contributed by atoms with van der Waals surface area (Å²) in [5, 5.41) is 18.5. The summed E-state index contributed by atoms with van der Waals surface area (Å²) in [6, 6.07) is -0.352. The highest BCUT2D eigenvalue weighted by Crippen LogP contribution is 2.25. The molecular formula is C7H14INO3. The molecule has 0 aromatic heterocycles. The third-order valence-electron chi connectivity index (χ3n) is 2.19. The van der Waals surface area contributed by atoms with Gasteiger partial charge in [0.2, 0.25) is 0 Å². The normalized spacial score (nSPS) is 49.2. The number of rotatable bonds is 1. The lowest BCUT2D eigenvalue weighted by atomic mass is 9.97. The van der Waals surface area contributed by atoms with Crippen molar-refractivity contribution in [1.29, 1.82) is 0 Å². The van der Waals surface area contributed by atoms with Crippen LogP contribution in [0.15, 0.2) is 0 Å². The van der Waals surface area contributed by atoms with E-state index in [4.69, 9.17) is 15.6 Å². The van der Waals surface area contributed by atoms with E-state index in [2.05, 4.69) is 22.6 Å². The van der Waals surface area contributed by atoms with Crippen LogP contribution in [0.25, 0.3) is 0 Å². The van der Waals surface area contributed by atoms with E-state index in [0.717, 1.165) is 0 Å². The van der Waals surface area contributed by atoms with E-state index >= 15 is 0 Å². The second-order valence-corrected chi connectivity index (χ2v) is 4.51. The lowest BCUT2D eigenvalue weighted by Gasteiger charge is -2.39. The van der Waals surface area contributed by atoms with Crippen molar-refractivity contribution >= 4 is 22.6 Å². The minimum Gasteiger partial charge on any atom is -0.394 e. The molecule has 1 saturated heterocycles. The Balaban J connectivity index is 2.63. The lowest BCUT2D eigenvalue weighted by Crippen LogP contribution is -2.58. The topological polar surface area (TPSA) is 75.7 Å². The Morgan fingerprint density at radius 1 is 1.58 bits per heavy atom. The second kappa shape index (κ2) is 4.19. The number of aliphatic hydroxyl groups excluding tert-OH is 2. The molecule has 1 fully saturated rings. The van der Waals surface area contributed by atoms with E-state index in [0.29, 0.717) is 0 Å². The average Bonchev–Trinajstić information content (AvgIpc) is 2.08. The van der Waals surface area contributed by atoms with Gasteiger partial charge in [-0.25, -0.2) is 0 Å². The van der Waals surface area contributed by atoms with Gasteiger partial charge in [-0.2, -0.15) is 0 Å². The van der Waals surface area contributed by atoms with Crippen molar-refractivity contribution in [3.8, 4) is 0 Å². The molecule has 4 nitrogen and oxygen atoms in total. The summed E-state index contributed by atoms with van der Waals surface area (Å²) in [6.07, 6.45) is -1.08. The average molecular weight is 287 g/mol. The molecule has 0 aromatic carbocycles. The third kappa shape index (κ3) is 1.90. The van der Waals surface area contributed by atoms with Crippen molar-refractivity contribution in [2.24, 2.45) is 5.73 Å². The number of aliphatic hydroxyl groups is 2. The quantitative estimate of drug-likeness (QED) is 0.438. The molecule has 0 saturated carbocycles. The number of ether oxygens (including phenoxy) is 1. The number of hydrogen-bond acceptors (Lipinski definition) is 4. The molecule has 0 amide bonds. The molecule has 5 unspecified atom stereocenters. The second-order valence-electron chi connectivity index (χ2n) is 3.07. The summed E-state index contributed by atoms with van der Waals surface area (Å²) in [7, 11) is 0. The van der Waals surface area contributed by atoms with E-state index in [1.54, 1.807) is 6.92 Å². The zero-order valence-corrected chi connectivity index (χ0v) is 9.01. The van der Waals surface area contributed by atoms with E-state index in [1.807, 2.05) is 0 Å². The summed E-state index contributed by atoms with van der Waals surface area (Å²) >= 11 is 2.06. The lowest BCUT2D eigenvalue weighted by molar-refractivity contribution is -0.107. The highest BCUT2D eigenvalue weighted by atomic mass is 127. The van der Waals surface area contributed by atoms with Crippen molar-refractivity contribution in [2.45, 2.75) is 35.2 Å². The van der Waals surface area contributed by atoms with Gasteiger partial charge in [0.05, 0.1) is 34.9 Å². The van der Waals surface area contributed by atoms with Gasteiger partial charge in [0.15, 0.2) is 0 Å². The Hall–Kier alpha value is 0.570. The van der Waals surface area contributed by atoms with Gasteiger partial charge < -0.3 is 20.7 Å². The highest BCUT2D eigenvalue weighted by Gasteiger charge is 2.39. The van der Waals surface area contributed by atoms with Crippen molar-refractivity contribution in [3.05, 3.63) is 0 Å². The first-order chi connectivity index (χ1) is 5.57. The molecule has 1 aliphatic rings. The number of alkyl halides is 1. The van der Waals surface area contributed by atoms with Crippen LogP contribution < -0.4 is 5.73 Å². The van der Waals surface area contributed by atoms with Crippen LogP contribution >= 0.6 is 22.6 Å². The van der Waals surface area contributed by atoms with Gasteiger partial charge >= 0.3 is 0 Å². The van der Waals surface area contributed by atoms with Crippen molar-refractivity contribution in [3.63, 3.8) is 0 Å². The smallest absolute Gasteiger partial charge is 0.0953 e. The van der Waals surface area contributed by atoms with Crippen LogP contribution in [0.4, 0.5) is 0 Å². The predicted molar refractivity (Wildman–Crippen MR) is 53.2 cm³/mol. The Kier molecular flexibility index (Phi) is 3.72. The Bertz CT molecular complexity index is 153. The van der Waals surface area contributed by atoms with E-state index in [9.17, 15) is 5.11 Å². The minimum absolute atomic E-state index is 0.0677. The van der Waals surface area contributed by atoms with Gasteiger partial charge in [-0.1, -0.05) is 22.6 Å². The molecule has 1 heterocycles. The molecular weight excluding hydrogens is 273 g/mol. The fourth-order valence-corrected chi connectivity index (χ4v) is 2.17. The molecule has 4 N–H and O–H groups in total. The molecule has 0 spiro atoms. The third-order valence-corrected chi connectivity index (χ3v) is 3.73. The van der Waals surface area contributed by atoms with Crippen LogP contribution in [0.1, 0.15) is 6.92 Å². The van der Waals surface area contributed by atoms with Gasteiger partial charge in [0, 0.05) is 0 Å². The molecule has 72 valence electrons. The Morgan fingerprint density at radius 3 is 2.67 bits per heavy atom. The Labute approximate surface area is 85.2 Å². The maximum Gasteiger partial charge on any atom is 0.0953 e. The predicted octanol–water partition coefficient (Wildman–Crippen LogP) is -0.742. The van der Waals surface area contributed by atoms with Gasteiger partial charge in [-0.05, 0) is 6.92 Å². The molecule has 0 aromatic rings. The van der Waals surface area contributed by atoms with Crippen LogP contribution in [-0.4, -0.2) is 45.1 Å². The zero-order chi connectivity index (χ0) is 9.30. The summed E-state index contributed by atoms with van der Waals surface area (Å²) in [5.74, 6) is 0. The summed E-state index contributed by atoms with van der Waals surface area (Å²) in [6.45, 7) is 1.74.